The van der Waals surface area contributed by atoms with Gasteiger partial charge in [0.05, 0.1) is 12.4 Å². The van der Waals surface area contributed by atoms with Crippen molar-refractivity contribution >= 4 is 11.6 Å². The Bertz CT molecular complexity index is 362. The Morgan fingerprint density at radius 2 is 2.25 bits per heavy atom. The highest BCUT2D eigenvalue weighted by Crippen LogP contribution is 2.36. The highest BCUT2D eigenvalue weighted by Gasteiger charge is 2.27. The number of rotatable bonds is 2. The summed E-state index contributed by atoms with van der Waals surface area (Å²) in [6.45, 7) is 4.65. The van der Waals surface area contributed by atoms with Crippen LogP contribution in [0.2, 0.25) is 0 Å². The molecule has 1 aromatic heterocycles. The van der Waals surface area contributed by atoms with Crippen molar-refractivity contribution in [2.24, 2.45) is 5.41 Å². The summed E-state index contributed by atoms with van der Waals surface area (Å²) in [5.74, 6) is 1.27. The highest BCUT2D eigenvalue weighted by atomic mass is 15.1. The predicted octanol–water partition coefficient (Wildman–Crippen LogP) is 2.44. The van der Waals surface area contributed by atoms with Crippen molar-refractivity contribution in [3.63, 3.8) is 0 Å². The van der Waals surface area contributed by atoms with Crippen LogP contribution in [0, 0.1) is 5.41 Å². The highest BCUT2D eigenvalue weighted by molar-refractivity contribution is 5.39. The molecule has 1 fully saturated rings. The maximum Gasteiger partial charge on any atom is 0.147 e. The molecular weight excluding hydrogens is 200 g/mol. The van der Waals surface area contributed by atoms with Crippen LogP contribution in [0.4, 0.5) is 11.6 Å². The third-order valence-corrected chi connectivity index (χ3v) is 3.21. The first kappa shape index (κ1) is 11.2. The van der Waals surface area contributed by atoms with Gasteiger partial charge >= 0.3 is 0 Å². The lowest BCUT2D eigenvalue weighted by Gasteiger charge is -2.35. The Hall–Kier alpha value is -1.32. The molecule has 0 aromatic carbocycles. The standard InChI is InChI=1S/C12H20N4/c1-12(2)5-3-4-9(6-12)15-11-8-14-7-10(13)16-11/h7-9H,3-6H2,1-2H3,(H3,13,15,16). The van der Waals surface area contributed by atoms with Gasteiger partial charge in [0.15, 0.2) is 0 Å². The number of nitrogens with one attached hydrogen (secondary N) is 1. The van der Waals surface area contributed by atoms with E-state index in [2.05, 4.69) is 29.1 Å². The van der Waals surface area contributed by atoms with Crippen LogP contribution in [0.3, 0.4) is 0 Å². The molecule has 3 N–H and O–H groups in total. The van der Waals surface area contributed by atoms with E-state index in [0.717, 1.165) is 5.82 Å². The summed E-state index contributed by atoms with van der Waals surface area (Å²) < 4.78 is 0. The summed E-state index contributed by atoms with van der Waals surface area (Å²) in [6.07, 6.45) is 8.28. The largest absolute Gasteiger partial charge is 0.382 e. The van der Waals surface area contributed by atoms with Gasteiger partial charge in [-0.2, -0.15) is 0 Å². The first-order valence-corrected chi connectivity index (χ1v) is 5.89. The van der Waals surface area contributed by atoms with Gasteiger partial charge in [-0.3, -0.25) is 4.98 Å². The lowest BCUT2D eigenvalue weighted by Crippen LogP contribution is -2.32. The average Bonchev–Trinajstić information content (AvgIpc) is 2.15. The summed E-state index contributed by atoms with van der Waals surface area (Å²) in [4.78, 5) is 8.26. The van der Waals surface area contributed by atoms with Gasteiger partial charge in [-0.1, -0.05) is 20.3 Å². The molecule has 4 nitrogen and oxygen atoms in total. The molecule has 1 atom stereocenters. The fourth-order valence-electron chi connectivity index (χ4n) is 2.48. The van der Waals surface area contributed by atoms with Crippen LogP contribution >= 0.6 is 0 Å². The van der Waals surface area contributed by atoms with Crippen LogP contribution in [0.25, 0.3) is 0 Å². The van der Waals surface area contributed by atoms with E-state index in [1.807, 2.05) is 0 Å². The van der Waals surface area contributed by atoms with E-state index in [-0.39, 0.29) is 0 Å². The third-order valence-electron chi connectivity index (χ3n) is 3.21. The topological polar surface area (TPSA) is 63.8 Å². The number of aromatic nitrogens is 2. The molecule has 0 radical (unpaired) electrons. The minimum absolute atomic E-state index is 0.434. The Balaban J connectivity index is 1.99. The molecule has 0 aliphatic heterocycles. The Kier molecular flexibility index (Phi) is 2.99. The molecule has 1 unspecified atom stereocenters. The van der Waals surface area contributed by atoms with Gasteiger partial charge in [-0.05, 0) is 24.7 Å². The zero-order valence-corrected chi connectivity index (χ0v) is 10.0. The second-order valence-electron chi connectivity index (χ2n) is 5.43. The number of nitrogens with zero attached hydrogens (tertiary/aromatic N) is 2. The zero-order chi connectivity index (χ0) is 11.6. The summed E-state index contributed by atoms with van der Waals surface area (Å²) in [6, 6.07) is 0.500. The van der Waals surface area contributed by atoms with E-state index in [1.165, 1.54) is 25.7 Å². The molecule has 1 saturated carbocycles. The quantitative estimate of drug-likeness (QED) is 0.803. The van der Waals surface area contributed by atoms with Crippen molar-refractivity contribution in [3.8, 4) is 0 Å². The fourth-order valence-corrected chi connectivity index (χ4v) is 2.48. The van der Waals surface area contributed by atoms with E-state index in [0.29, 0.717) is 17.3 Å². The molecule has 0 bridgehead atoms. The minimum atomic E-state index is 0.434. The first-order valence-electron chi connectivity index (χ1n) is 5.89. The second kappa shape index (κ2) is 4.28. The number of nitrogens with two attached hydrogens (primary N) is 1. The molecule has 0 saturated heterocycles. The van der Waals surface area contributed by atoms with Crippen molar-refractivity contribution in [1.82, 2.24) is 9.97 Å². The van der Waals surface area contributed by atoms with E-state index < -0.39 is 0 Å². The molecular formula is C12H20N4. The van der Waals surface area contributed by atoms with Gasteiger partial charge in [0.2, 0.25) is 0 Å². The van der Waals surface area contributed by atoms with Crippen LogP contribution in [-0.4, -0.2) is 16.0 Å². The van der Waals surface area contributed by atoms with Crippen molar-refractivity contribution in [2.45, 2.75) is 45.6 Å². The molecule has 2 rings (SSSR count). The summed E-state index contributed by atoms with van der Waals surface area (Å²) >= 11 is 0. The smallest absolute Gasteiger partial charge is 0.147 e. The van der Waals surface area contributed by atoms with Gasteiger partial charge in [0, 0.05) is 6.04 Å². The van der Waals surface area contributed by atoms with Crippen LogP contribution < -0.4 is 11.1 Å². The third kappa shape index (κ3) is 2.84. The summed E-state index contributed by atoms with van der Waals surface area (Å²) in [5, 5.41) is 3.42. The lowest BCUT2D eigenvalue weighted by molar-refractivity contribution is 0.229. The maximum atomic E-state index is 5.60. The predicted molar refractivity (Wildman–Crippen MR) is 66.1 cm³/mol. The number of hydrogen-bond donors (Lipinski definition) is 2. The zero-order valence-electron chi connectivity index (χ0n) is 10.0. The van der Waals surface area contributed by atoms with E-state index >= 15 is 0 Å². The van der Waals surface area contributed by atoms with Crippen molar-refractivity contribution < 1.29 is 0 Å². The maximum absolute atomic E-state index is 5.60. The van der Waals surface area contributed by atoms with Crippen LogP contribution in [0.1, 0.15) is 39.5 Å². The Morgan fingerprint density at radius 1 is 1.44 bits per heavy atom. The van der Waals surface area contributed by atoms with E-state index in [9.17, 15) is 0 Å². The van der Waals surface area contributed by atoms with Gasteiger partial charge in [-0.15, -0.1) is 0 Å². The SMILES string of the molecule is CC1(C)CCCC(Nc2cncc(N)n2)C1. The minimum Gasteiger partial charge on any atom is -0.382 e. The number of nitrogen functional groups attached to an aromatic ring is 1. The number of hydrogen-bond acceptors (Lipinski definition) is 4. The molecule has 88 valence electrons. The van der Waals surface area contributed by atoms with E-state index in [4.69, 9.17) is 5.73 Å². The second-order valence-corrected chi connectivity index (χ2v) is 5.43. The molecule has 16 heavy (non-hydrogen) atoms. The van der Waals surface area contributed by atoms with Crippen molar-refractivity contribution in [3.05, 3.63) is 12.4 Å². The average molecular weight is 220 g/mol. The van der Waals surface area contributed by atoms with Gasteiger partial charge in [0.1, 0.15) is 11.6 Å². The van der Waals surface area contributed by atoms with Crippen molar-refractivity contribution in [1.29, 1.82) is 0 Å². The Morgan fingerprint density at radius 3 is 2.94 bits per heavy atom. The monoisotopic (exact) mass is 220 g/mol. The molecule has 4 heteroatoms. The first-order chi connectivity index (χ1) is 7.55. The molecule has 1 heterocycles. The summed E-state index contributed by atoms with van der Waals surface area (Å²) in [5.41, 5.74) is 6.04. The van der Waals surface area contributed by atoms with Crippen LogP contribution in [0.5, 0.6) is 0 Å². The fraction of sp³-hybridized carbons (Fsp3) is 0.667. The molecule has 1 aromatic rings. The number of anilines is 2. The van der Waals surface area contributed by atoms with Crippen LogP contribution in [-0.2, 0) is 0 Å². The molecule has 0 amide bonds. The molecule has 1 aliphatic rings. The Labute approximate surface area is 96.7 Å². The normalized spacial score (nSPS) is 24.0. The molecule has 1 aliphatic carbocycles. The van der Waals surface area contributed by atoms with Crippen LogP contribution in [0.15, 0.2) is 12.4 Å². The summed E-state index contributed by atoms with van der Waals surface area (Å²) in [7, 11) is 0. The van der Waals surface area contributed by atoms with Gasteiger partial charge < -0.3 is 11.1 Å². The lowest BCUT2D eigenvalue weighted by atomic mass is 9.75. The van der Waals surface area contributed by atoms with E-state index in [1.54, 1.807) is 12.4 Å². The molecule has 0 spiro atoms. The van der Waals surface area contributed by atoms with Crippen molar-refractivity contribution in [2.75, 3.05) is 11.1 Å². The van der Waals surface area contributed by atoms with Gasteiger partial charge in [0.25, 0.3) is 0 Å². The van der Waals surface area contributed by atoms with Gasteiger partial charge in [-0.25, -0.2) is 4.98 Å².